The maximum Gasteiger partial charge on any atom is 0.420 e. The molecule has 0 radical (unpaired) electrons. The maximum absolute atomic E-state index is 14.3. The van der Waals surface area contributed by atoms with Crippen molar-refractivity contribution in [1.29, 1.82) is 4.78 Å². The summed E-state index contributed by atoms with van der Waals surface area (Å²) in [6.45, 7) is -0.483. The number of carbonyl (C=O) groups excluding carboxylic acids is 1. The minimum Gasteiger partial charge on any atom is -0.320 e. The van der Waals surface area contributed by atoms with Gasteiger partial charge in [-0.1, -0.05) is 0 Å². The van der Waals surface area contributed by atoms with Crippen molar-refractivity contribution in [3.63, 3.8) is 0 Å². The second kappa shape index (κ2) is 6.73. The lowest BCUT2D eigenvalue weighted by molar-refractivity contribution is -0.138. The second-order valence-corrected chi connectivity index (χ2v) is 11.2. The molecule has 0 aromatic carbocycles. The Morgan fingerprint density at radius 2 is 2.00 bits per heavy atom. The summed E-state index contributed by atoms with van der Waals surface area (Å²) in [6, 6.07) is 2.41. The average molecular weight is 489 g/mol. The van der Waals surface area contributed by atoms with Crippen LogP contribution < -0.4 is 5.32 Å². The number of pyridine rings is 1. The van der Waals surface area contributed by atoms with Gasteiger partial charge < -0.3 is 5.32 Å². The number of hydrogen-bond donors (Lipinski definition) is 2. The van der Waals surface area contributed by atoms with Crippen molar-refractivity contribution >= 4 is 21.3 Å². The van der Waals surface area contributed by atoms with E-state index in [0.29, 0.717) is 25.7 Å². The summed E-state index contributed by atoms with van der Waals surface area (Å²) in [4.78, 5) is 16.9. The summed E-state index contributed by atoms with van der Waals surface area (Å²) < 4.78 is 91.0. The molecule has 2 heterocycles. The number of hydrogen-bond acceptors (Lipinski definition) is 5. The van der Waals surface area contributed by atoms with Crippen LogP contribution in [0.15, 0.2) is 23.4 Å². The lowest BCUT2D eigenvalue weighted by Gasteiger charge is -2.13. The Labute approximate surface area is 185 Å². The van der Waals surface area contributed by atoms with E-state index in [1.807, 2.05) is 0 Å². The molecule has 2 aromatic heterocycles. The van der Waals surface area contributed by atoms with Gasteiger partial charge in [0.1, 0.15) is 16.3 Å². The molecule has 3 saturated carbocycles. The van der Waals surface area contributed by atoms with Gasteiger partial charge in [0, 0.05) is 29.5 Å². The Kier molecular flexibility index (Phi) is 4.54. The third kappa shape index (κ3) is 3.60. The molecule has 1 amide bonds. The number of alkyl halides is 5. The Morgan fingerprint density at radius 3 is 2.52 bits per heavy atom. The second-order valence-electron chi connectivity index (χ2n) is 9.08. The zero-order chi connectivity index (χ0) is 24.0. The van der Waals surface area contributed by atoms with E-state index in [-0.39, 0.29) is 16.4 Å². The van der Waals surface area contributed by atoms with Crippen LogP contribution in [0.5, 0.6) is 0 Å². The monoisotopic (exact) mass is 489 g/mol. The van der Waals surface area contributed by atoms with Gasteiger partial charge in [0.2, 0.25) is 0 Å². The fourth-order valence-electron chi connectivity index (χ4n) is 4.53. The number of rotatable bonds is 6. The lowest BCUT2D eigenvalue weighted by Crippen LogP contribution is -2.23. The Bertz CT molecular complexity index is 1260. The summed E-state index contributed by atoms with van der Waals surface area (Å²) in [5.41, 5.74) is -3.51. The molecule has 2 atom stereocenters. The van der Waals surface area contributed by atoms with E-state index >= 15 is 0 Å². The molecule has 0 saturated heterocycles. The first-order valence-corrected chi connectivity index (χ1v) is 12.3. The van der Waals surface area contributed by atoms with Gasteiger partial charge in [-0.25, -0.2) is 22.8 Å². The molecule has 0 unspecified atom stereocenters. The number of nitrogens with zero attached hydrogens (tertiary/aromatic N) is 3. The minimum absolute atomic E-state index is 0.0175. The van der Waals surface area contributed by atoms with Crippen LogP contribution in [0.1, 0.15) is 53.3 Å². The minimum atomic E-state index is -4.91. The number of nitrogens with one attached hydrogen (secondary N) is 2. The summed E-state index contributed by atoms with van der Waals surface area (Å²) in [6.07, 6.45) is -1.06. The molecule has 3 aliphatic rings. The van der Waals surface area contributed by atoms with Crippen molar-refractivity contribution in [2.75, 3.05) is 11.6 Å². The van der Waals surface area contributed by atoms with E-state index < -0.39 is 62.8 Å². The first-order chi connectivity index (χ1) is 15.3. The molecule has 33 heavy (non-hydrogen) atoms. The molecule has 13 heteroatoms. The average Bonchev–Trinajstić information content (AvgIpc) is 3.62. The number of amides is 1. The van der Waals surface area contributed by atoms with Crippen LogP contribution in [-0.2, 0) is 22.5 Å². The van der Waals surface area contributed by atoms with Gasteiger partial charge >= 0.3 is 6.18 Å². The van der Waals surface area contributed by atoms with Crippen LogP contribution >= 0.6 is 0 Å². The normalized spacial score (nSPS) is 24.4. The SMILES string of the molecule is C[S@](=N)(=O)c1cc(NC(=O)c2c(C(F)(F)F)c(C3CC3)nn2C[C@H]2C(F)(F)C23CC3)ccn1. The predicted octanol–water partition coefficient (Wildman–Crippen LogP) is 4.51. The first-order valence-electron chi connectivity index (χ1n) is 10.3. The molecule has 0 bridgehead atoms. The quantitative estimate of drug-likeness (QED) is 0.583. The van der Waals surface area contributed by atoms with Crippen molar-refractivity contribution in [3.05, 3.63) is 35.3 Å². The van der Waals surface area contributed by atoms with Gasteiger partial charge in [-0.3, -0.25) is 9.48 Å². The molecular formula is C20H20F5N5O2S. The van der Waals surface area contributed by atoms with E-state index in [0.717, 1.165) is 17.0 Å². The van der Waals surface area contributed by atoms with Gasteiger partial charge in [0.25, 0.3) is 11.8 Å². The van der Waals surface area contributed by atoms with Crippen LogP contribution in [0.2, 0.25) is 0 Å². The summed E-state index contributed by atoms with van der Waals surface area (Å²) in [5, 5.41) is 6.17. The van der Waals surface area contributed by atoms with Crippen molar-refractivity contribution in [1.82, 2.24) is 14.8 Å². The van der Waals surface area contributed by atoms with E-state index in [1.54, 1.807) is 0 Å². The van der Waals surface area contributed by atoms with Gasteiger partial charge in [-0.15, -0.1) is 0 Å². The molecule has 2 N–H and O–H groups in total. The highest BCUT2D eigenvalue weighted by molar-refractivity contribution is 7.91. The summed E-state index contributed by atoms with van der Waals surface area (Å²) in [7, 11) is -3.23. The predicted molar refractivity (Wildman–Crippen MR) is 107 cm³/mol. The van der Waals surface area contributed by atoms with E-state index in [9.17, 15) is 31.0 Å². The zero-order valence-corrected chi connectivity index (χ0v) is 18.2. The molecule has 3 aliphatic carbocycles. The number of carbonyl (C=O) groups is 1. The third-order valence-electron chi connectivity index (χ3n) is 6.66. The molecule has 0 aliphatic heterocycles. The molecule has 7 nitrogen and oxygen atoms in total. The van der Waals surface area contributed by atoms with E-state index in [2.05, 4.69) is 15.4 Å². The van der Waals surface area contributed by atoms with E-state index in [4.69, 9.17) is 4.78 Å². The maximum atomic E-state index is 14.3. The van der Waals surface area contributed by atoms with Gasteiger partial charge in [0.15, 0.2) is 0 Å². The van der Waals surface area contributed by atoms with E-state index in [1.165, 1.54) is 12.3 Å². The molecule has 178 valence electrons. The summed E-state index contributed by atoms with van der Waals surface area (Å²) in [5.74, 6) is -5.78. The Balaban J connectivity index is 1.54. The zero-order valence-electron chi connectivity index (χ0n) is 17.4. The summed E-state index contributed by atoms with van der Waals surface area (Å²) >= 11 is 0. The molecule has 2 aromatic rings. The Morgan fingerprint density at radius 1 is 1.33 bits per heavy atom. The van der Waals surface area contributed by atoms with Crippen molar-refractivity contribution in [2.45, 2.75) is 55.3 Å². The lowest BCUT2D eigenvalue weighted by atomic mass is 10.1. The smallest absolute Gasteiger partial charge is 0.320 e. The highest BCUT2D eigenvalue weighted by Gasteiger charge is 2.86. The number of aromatic nitrogens is 3. The van der Waals surface area contributed by atoms with Gasteiger partial charge in [-0.05, 0) is 37.8 Å². The van der Waals surface area contributed by atoms with Crippen LogP contribution in [0, 0.1) is 16.1 Å². The number of anilines is 1. The fourth-order valence-corrected chi connectivity index (χ4v) is 5.14. The van der Waals surface area contributed by atoms with Crippen molar-refractivity contribution in [2.24, 2.45) is 11.3 Å². The fraction of sp³-hybridized carbons (Fsp3) is 0.550. The number of halogens is 5. The van der Waals surface area contributed by atoms with Crippen molar-refractivity contribution in [3.8, 4) is 0 Å². The van der Waals surface area contributed by atoms with Crippen LogP contribution in [0.25, 0.3) is 0 Å². The van der Waals surface area contributed by atoms with Crippen molar-refractivity contribution < 1.29 is 31.0 Å². The third-order valence-corrected chi connectivity index (χ3v) is 7.68. The highest BCUT2D eigenvalue weighted by atomic mass is 32.2. The standard InChI is InChI=1S/C20H20F5N5O2S/c1-33(26,32)13-8-11(4-7-27-13)28-17(31)16-14(20(23,24)25)15(10-2-3-10)29-30(16)9-12-18(5-6-18)19(12,21)22/h4,7-8,10,12,26H,2-3,5-6,9H2,1H3,(H,27,28,31)/t12-,33+/m1/s1. The van der Waals surface area contributed by atoms with Gasteiger partial charge in [0.05, 0.1) is 27.9 Å². The molecular weight excluding hydrogens is 469 g/mol. The van der Waals surface area contributed by atoms with Gasteiger partial charge in [-0.2, -0.15) is 18.3 Å². The molecule has 1 spiro atoms. The highest BCUT2D eigenvalue weighted by Crippen LogP contribution is 2.80. The van der Waals surface area contributed by atoms with Crippen LogP contribution in [0.4, 0.5) is 27.6 Å². The molecule has 3 fully saturated rings. The topological polar surface area (TPSA) is 101 Å². The molecule has 5 rings (SSSR count). The Hall–Kier alpha value is -2.57. The van der Waals surface area contributed by atoms with Crippen LogP contribution in [-0.4, -0.2) is 37.1 Å². The van der Waals surface area contributed by atoms with Crippen LogP contribution in [0.3, 0.4) is 0 Å². The first kappa shape index (κ1) is 22.2. The largest absolute Gasteiger partial charge is 0.420 e.